The molecule has 0 aliphatic carbocycles. The Bertz CT molecular complexity index is 1930. The fourth-order valence-electron chi connectivity index (χ4n) is 5.59. The van der Waals surface area contributed by atoms with E-state index in [0.717, 1.165) is 32.1 Å². The lowest BCUT2D eigenvalue weighted by Gasteiger charge is -2.22. The topological polar surface area (TPSA) is 395 Å². The van der Waals surface area contributed by atoms with Crippen molar-refractivity contribution < 1.29 is 130 Å². The lowest BCUT2D eigenvalue weighted by atomic mass is 10.2. The van der Waals surface area contributed by atoms with E-state index in [1.54, 1.807) is 0 Å². The molecule has 4 atom stereocenters. The number of aliphatic hydroxyl groups excluding tert-OH is 2. The van der Waals surface area contributed by atoms with Crippen LogP contribution in [0.5, 0.6) is 0 Å². The second-order valence-electron chi connectivity index (χ2n) is 17.4. The summed E-state index contributed by atoms with van der Waals surface area (Å²) in [7, 11) is 0. The van der Waals surface area contributed by atoms with Crippen LogP contribution in [0.3, 0.4) is 0 Å². The first-order chi connectivity index (χ1) is 37.7. The molecule has 0 radical (unpaired) electrons. The van der Waals surface area contributed by atoms with Crippen molar-refractivity contribution in [3.8, 4) is 0 Å². The van der Waals surface area contributed by atoms with Crippen LogP contribution in [0, 0.1) is 0 Å². The highest BCUT2D eigenvalue weighted by molar-refractivity contribution is 6.05. The molecule has 3 aliphatic rings. The van der Waals surface area contributed by atoms with E-state index >= 15 is 0 Å². The number of carbonyl (C=O) groups is 13. The van der Waals surface area contributed by atoms with Gasteiger partial charge in [0.15, 0.2) is 24.4 Å². The van der Waals surface area contributed by atoms with Gasteiger partial charge in [-0.25, -0.2) is 33.6 Å². The first-order valence-electron chi connectivity index (χ1n) is 25.8. The van der Waals surface area contributed by atoms with Gasteiger partial charge in [-0.2, -0.15) is 0 Å². The van der Waals surface area contributed by atoms with E-state index in [0.29, 0.717) is 64.4 Å². The van der Waals surface area contributed by atoms with Crippen LogP contribution in [0.2, 0.25) is 0 Å². The molecule has 0 saturated carbocycles. The van der Waals surface area contributed by atoms with Gasteiger partial charge in [-0.1, -0.05) is 19.7 Å². The summed E-state index contributed by atoms with van der Waals surface area (Å²) in [5.74, 6) is -8.86. The van der Waals surface area contributed by atoms with E-state index in [-0.39, 0.29) is 93.5 Å². The Labute approximate surface area is 463 Å². The molecule has 80 heavy (non-hydrogen) atoms. The van der Waals surface area contributed by atoms with Crippen molar-refractivity contribution in [3.05, 3.63) is 36.5 Å². The van der Waals surface area contributed by atoms with Crippen LogP contribution in [-0.2, 0) is 110 Å². The summed E-state index contributed by atoms with van der Waals surface area (Å²) >= 11 is 0. The van der Waals surface area contributed by atoms with Gasteiger partial charge in [-0.15, -0.1) is 0 Å². The SMILES string of the molecule is C=C(CC(=O)OC(C)C(=O)OCCCCCC(=O)OCCCCOC(=O)CCCCCOC(=O)C(C)OC(=O)CC(=C)C(=O)O)C(=O)O.C=C1CC(=O)OC1=O.CC1OC(=O)C(C)OC1=O.O=C1CCCCCO1.OCCCCO. The zero-order valence-corrected chi connectivity index (χ0v) is 46.0. The van der Waals surface area contributed by atoms with Crippen LogP contribution in [0.4, 0.5) is 0 Å². The third kappa shape index (κ3) is 40.6. The Morgan fingerprint density at radius 3 is 1.30 bits per heavy atom. The molecular weight excluding hydrogens is 1070 g/mol. The summed E-state index contributed by atoms with van der Waals surface area (Å²) < 4.78 is 48.0. The van der Waals surface area contributed by atoms with Gasteiger partial charge < -0.3 is 67.8 Å². The molecule has 0 aromatic carbocycles. The molecule has 0 aromatic rings. The lowest BCUT2D eigenvalue weighted by molar-refractivity contribution is -0.191. The van der Waals surface area contributed by atoms with Crippen molar-refractivity contribution >= 4 is 77.6 Å². The zero-order valence-electron chi connectivity index (χ0n) is 46.0. The van der Waals surface area contributed by atoms with Crippen LogP contribution in [0.25, 0.3) is 0 Å². The Balaban J connectivity index is 0. The number of cyclic esters (lactones) is 5. The average Bonchev–Trinajstić information content (AvgIpc) is 3.51. The molecule has 0 aromatic heterocycles. The Kier molecular flexibility index (Phi) is 42.2. The maximum Gasteiger partial charge on any atom is 0.347 e. The molecule has 3 heterocycles. The minimum atomic E-state index is -1.34. The van der Waals surface area contributed by atoms with Crippen LogP contribution >= 0.6 is 0 Å². The quantitative estimate of drug-likeness (QED) is 0.0262. The number of hydrogen-bond donors (Lipinski definition) is 4. The maximum atomic E-state index is 11.9. The third-order valence-corrected chi connectivity index (χ3v) is 10.2. The second-order valence-corrected chi connectivity index (χ2v) is 17.4. The molecule has 4 N–H and O–H groups in total. The second kappa shape index (κ2) is 45.3. The van der Waals surface area contributed by atoms with E-state index in [1.165, 1.54) is 27.7 Å². The number of esters is 11. The molecule has 27 heteroatoms. The number of aliphatic carboxylic acids is 2. The maximum absolute atomic E-state index is 11.9. The van der Waals surface area contributed by atoms with Crippen LogP contribution < -0.4 is 0 Å². The predicted octanol–water partition coefficient (Wildman–Crippen LogP) is 3.72. The van der Waals surface area contributed by atoms with Crippen molar-refractivity contribution in [2.24, 2.45) is 0 Å². The Hall–Kier alpha value is -7.55. The number of aliphatic hydroxyl groups is 2. The number of rotatable bonds is 30. The molecule has 3 rings (SSSR count). The molecule has 0 amide bonds. The van der Waals surface area contributed by atoms with Crippen molar-refractivity contribution in [2.45, 2.75) is 174 Å². The fraction of sp³-hybridized carbons (Fsp3) is 0.642. The van der Waals surface area contributed by atoms with Gasteiger partial charge in [-0.05, 0) is 111 Å². The number of carbonyl (C=O) groups excluding carboxylic acids is 11. The highest BCUT2D eigenvalue weighted by Gasteiger charge is 2.32. The molecule has 3 fully saturated rings. The van der Waals surface area contributed by atoms with E-state index in [9.17, 15) is 62.3 Å². The van der Waals surface area contributed by atoms with E-state index in [2.05, 4.69) is 33.9 Å². The smallest absolute Gasteiger partial charge is 0.347 e. The summed E-state index contributed by atoms with van der Waals surface area (Å²) in [6.07, 6.45) is 4.86. The standard InChI is InChI=1S/C32H46O16.C6H8O4.C6H10O2.C5H4O3.C4H10O2/c1-21(29(37)38)19-27(35)47-23(3)31(41)45-17-9-5-7-13-25(33)43-15-11-12-16-44-26(34)14-8-6-10-18-46-32(42)24(4)48-28(36)20-22(2)30(39)40;1-3-5(7)10-4(2)6(8)9-3;7-6-4-2-1-3-5-8-6;1-3-2-4(6)8-5(3)7;5-3-1-2-4-6/h23-24H,1-2,5-20H2,3-4H3,(H,37,38)(H,39,40);3-4H,1-2H3;1-5H2;1-2H2;5-6H,1-4H2. The fourth-order valence-corrected chi connectivity index (χ4v) is 5.59. The first kappa shape index (κ1) is 74.5. The third-order valence-electron chi connectivity index (χ3n) is 10.2. The molecule has 3 aliphatic heterocycles. The van der Waals surface area contributed by atoms with E-state index < -0.39 is 97.0 Å². The molecule has 0 bridgehead atoms. The summed E-state index contributed by atoms with van der Waals surface area (Å²) in [5, 5.41) is 33.6. The van der Waals surface area contributed by atoms with Gasteiger partial charge >= 0.3 is 77.6 Å². The summed E-state index contributed by atoms with van der Waals surface area (Å²) in [4.78, 5) is 144. The molecular formula is C53H78O27. The predicted molar refractivity (Wildman–Crippen MR) is 273 cm³/mol. The number of ether oxygens (including phenoxy) is 10. The van der Waals surface area contributed by atoms with Gasteiger partial charge in [0.05, 0.1) is 52.3 Å². The van der Waals surface area contributed by atoms with Gasteiger partial charge in [-0.3, -0.25) is 28.8 Å². The summed E-state index contributed by atoms with van der Waals surface area (Å²) in [5.41, 5.74) is -0.468. The van der Waals surface area contributed by atoms with Gasteiger partial charge in [0, 0.05) is 49.2 Å². The number of carboxylic acid groups (broad SMARTS) is 2. The number of carboxylic acids is 2. The number of unbranched alkanes of at least 4 members (excludes halogenated alkanes) is 6. The Morgan fingerprint density at radius 1 is 0.550 bits per heavy atom. The van der Waals surface area contributed by atoms with Crippen molar-refractivity contribution in [1.82, 2.24) is 0 Å². The van der Waals surface area contributed by atoms with Gasteiger partial charge in [0.25, 0.3) is 0 Å². The van der Waals surface area contributed by atoms with Crippen molar-refractivity contribution in [2.75, 3.05) is 46.2 Å². The molecule has 27 nitrogen and oxygen atoms in total. The minimum absolute atomic E-state index is 0.0255. The largest absolute Gasteiger partial charge is 0.478 e. The normalized spacial score (nSPS) is 15.9. The molecule has 4 unspecified atom stereocenters. The molecule has 452 valence electrons. The zero-order chi connectivity index (χ0) is 61.0. The first-order valence-corrected chi connectivity index (χ1v) is 25.8. The van der Waals surface area contributed by atoms with Crippen LogP contribution in [-0.4, -0.2) is 169 Å². The number of hydrogen-bond acceptors (Lipinski definition) is 25. The van der Waals surface area contributed by atoms with E-state index in [1.807, 2.05) is 0 Å². The van der Waals surface area contributed by atoms with Crippen molar-refractivity contribution in [1.29, 1.82) is 0 Å². The van der Waals surface area contributed by atoms with Gasteiger partial charge in [0.2, 0.25) is 0 Å². The van der Waals surface area contributed by atoms with Gasteiger partial charge in [0.1, 0.15) is 0 Å². The van der Waals surface area contributed by atoms with Crippen molar-refractivity contribution in [3.63, 3.8) is 0 Å². The monoisotopic (exact) mass is 1150 g/mol. The minimum Gasteiger partial charge on any atom is -0.478 e. The highest BCUT2D eigenvalue weighted by atomic mass is 16.6. The van der Waals surface area contributed by atoms with E-state index in [4.69, 9.17) is 53.6 Å². The van der Waals surface area contributed by atoms with Crippen LogP contribution in [0.15, 0.2) is 36.5 Å². The average molecular weight is 1150 g/mol. The highest BCUT2D eigenvalue weighted by Crippen LogP contribution is 2.12. The molecule has 3 saturated heterocycles. The summed E-state index contributed by atoms with van der Waals surface area (Å²) in [6.45, 7) is 16.8. The molecule has 0 spiro atoms. The lowest BCUT2D eigenvalue weighted by Crippen LogP contribution is -2.40. The Morgan fingerprint density at radius 2 is 0.950 bits per heavy atom. The summed E-state index contributed by atoms with van der Waals surface area (Å²) in [6, 6.07) is 0. The van der Waals surface area contributed by atoms with Crippen LogP contribution in [0.1, 0.15) is 150 Å².